The predicted octanol–water partition coefficient (Wildman–Crippen LogP) is 1.87. The van der Waals surface area contributed by atoms with Gasteiger partial charge in [0.2, 0.25) is 5.91 Å². The van der Waals surface area contributed by atoms with Crippen LogP contribution in [0.2, 0.25) is 0 Å². The van der Waals surface area contributed by atoms with Crippen LogP contribution in [0.3, 0.4) is 0 Å². The molecular formula is C17H27ClN2O4S. The highest BCUT2D eigenvalue weighted by atomic mass is 35.5. The van der Waals surface area contributed by atoms with Crippen LogP contribution in [0.25, 0.3) is 0 Å². The number of nitrogens with zero attached hydrogens (tertiary/aromatic N) is 1. The van der Waals surface area contributed by atoms with E-state index in [0.717, 1.165) is 25.7 Å². The molecule has 1 aromatic carbocycles. The van der Waals surface area contributed by atoms with Gasteiger partial charge in [-0.2, -0.15) is 0 Å². The Morgan fingerprint density at radius 1 is 1.28 bits per heavy atom. The molecule has 0 radical (unpaired) electrons. The first-order valence-corrected chi connectivity index (χ1v) is 10.1. The maximum Gasteiger partial charge on any atom is 0.225 e. The summed E-state index contributed by atoms with van der Waals surface area (Å²) in [6.45, 7) is 1.10. The third-order valence-electron chi connectivity index (χ3n) is 4.36. The van der Waals surface area contributed by atoms with E-state index in [1.165, 1.54) is 18.4 Å². The van der Waals surface area contributed by atoms with Gasteiger partial charge in [-0.1, -0.05) is 0 Å². The fraction of sp³-hybridized carbons (Fsp3) is 0.588. The van der Waals surface area contributed by atoms with Crippen LogP contribution in [0.5, 0.6) is 5.75 Å². The summed E-state index contributed by atoms with van der Waals surface area (Å²) in [5.74, 6) is 0.855. The average molecular weight is 391 g/mol. The molecule has 0 spiro atoms. The number of ether oxygens (including phenoxy) is 1. The Bertz CT molecular complexity index is 664. The number of rotatable bonds is 7. The molecule has 2 rings (SSSR count). The van der Waals surface area contributed by atoms with E-state index < -0.39 is 9.84 Å². The van der Waals surface area contributed by atoms with Crippen LogP contribution in [0.4, 0.5) is 0 Å². The minimum atomic E-state index is -3.19. The van der Waals surface area contributed by atoms with Gasteiger partial charge in [-0.3, -0.25) is 4.79 Å². The normalized spacial score (nSPS) is 20.0. The largest absolute Gasteiger partial charge is 0.494 e. The van der Waals surface area contributed by atoms with E-state index in [4.69, 9.17) is 10.5 Å². The predicted molar refractivity (Wildman–Crippen MR) is 99.9 cm³/mol. The lowest BCUT2D eigenvalue weighted by Crippen LogP contribution is -2.33. The van der Waals surface area contributed by atoms with Crippen molar-refractivity contribution in [3.05, 3.63) is 24.3 Å². The summed E-state index contributed by atoms with van der Waals surface area (Å²) in [4.78, 5) is 14.3. The molecule has 0 heterocycles. The Balaban J connectivity index is 0.00000312. The summed E-state index contributed by atoms with van der Waals surface area (Å²) in [6.07, 6.45) is 4.48. The molecule has 2 atom stereocenters. The fourth-order valence-corrected chi connectivity index (χ4v) is 3.57. The van der Waals surface area contributed by atoms with Crippen molar-refractivity contribution in [2.45, 2.75) is 36.6 Å². The van der Waals surface area contributed by atoms with E-state index in [0.29, 0.717) is 18.9 Å². The Hall–Kier alpha value is -1.31. The maximum atomic E-state index is 12.3. The number of nitrogens with two attached hydrogens (primary N) is 1. The second-order valence-electron chi connectivity index (χ2n) is 6.48. The zero-order valence-electron chi connectivity index (χ0n) is 14.7. The Morgan fingerprint density at radius 3 is 2.44 bits per heavy atom. The van der Waals surface area contributed by atoms with Crippen molar-refractivity contribution < 1.29 is 17.9 Å². The smallest absolute Gasteiger partial charge is 0.225 e. The van der Waals surface area contributed by atoms with Crippen molar-refractivity contribution in [3.63, 3.8) is 0 Å². The molecule has 1 amide bonds. The average Bonchev–Trinajstić information content (AvgIpc) is 2.96. The van der Waals surface area contributed by atoms with Crippen molar-refractivity contribution in [2.24, 2.45) is 11.7 Å². The number of benzene rings is 1. The molecule has 25 heavy (non-hydrogen) atoms. The molecule has 142 valence electrons. The van der Waals surface area contributed by atoms with Gasteiger partial charge < -0.3 is 15.4 Å². The van der Waals surface area contributed by atoms with Crippen molar-refractivity contribution in [3.8, 4) is 5.75 Å². The van der Waals surface area contributed by atoms with Gasteiger partial charge in [0.1, 0.15) is 5.75 Å². The second kappa shape index (κ2) is 9.40. The standard InChI is InChI=1S/C17H26N2O4S.ClH/c1-19(17(20)13-4-5-14(18)12-13)10-3-11-23-15-6-8-16(9-7-15)24(2,21)22;/h6-9,13-14H,3-5,10-12,18H2,1-2H3;1H. The highest BCUT2D eigenvalue weighted by Gasteiger charge is 2.29. The molecule has 1 saturated carbocycles. The summed E-state index contributed by atoms with van der Waals surface area (Å²) in [7, 11) is -1.37. The molecule has 0 aromatic heterocycles. The molecule has 1 aliphatic rings. The minimum absolute atomic E-state index is 0. The molecule has 1 aromatic rings. The summed E-state index contributed by atoms with van der Waals surface area (Å²) in [5.41, 5.74) is 5.86. The van der Waals surface area contributed by atoms with E-state index >= 15 is 0 Å². The summed E-state index contributed by atoms with van der Waals surface area (Å²) < 4.78 is 28.4. The first-order valence-electron chi connectivity index (χ1n) is 8.21. The molecule has 0 saturated heterocycles. The molecule has 6 nitrogen and oxygen atoms in total. The highest BCUT2D eigenvalue weighted by Crippen LogP contribution is 2.25. The highest BCUT2D eigenvalue weighted by molar-refractivity contribution is 7.90. The third kappa shape index (κ3) is 6.49. The Kier molecular flexibility index (Phi) is 8.18. The number of carbonyl (C=O) groups excluding carboxylic acids is 1. The van der Waals surface area contributed by atoms with Crippen molar-refractivity contribution in [1.29, 1.82) is 0 Å². The van der Waals surface area contributed by atoms with Gasteiger partial charge >= 0.3 is 0 Å². The molecule has 2 unspecified atom stereocenters. The quantitative estimate of drug-likeness (QED) is 0.718. The van der Waals surface area contributed by atoms with Crippen LogP contribution < -0.4 is 10.5 Å². The van der Waals surface area contributed by atoms with Crippen molar-refractivity contribution in [1.82, 2.24) is 4.90 Å². The van der Waals surface area contributed by atoms with Gasteiger partial charge in [-0.25, -0.2) is 8.42 Å². The molecule has 8 heteroatoms. The van der Waals surface area contributed by atoms with Gasteiger partial charge in [0.05, 0.1) is 11.5 Å². The van der Waals surface area contributed by atoms with Crippen LogP contribution in [0, 0.1) is 5.92 Å². The number of amides is 1. The summed E-state index contributed by atoms with van der Waals surface area (Å²) >= 11 is 0. The summed E-state index contributed by atoms with van der Waals surface area (Å²) in [6, 6.07) is 6.51. The number of halogens is 1. The van der Waals surface area contributed by atoms with Crippen molar-refractivity contribution in [2.75, 3.05) is 26.5 Å². The van der Waals surface area contributed by atoms with Gasteiger partial charge in [0, 0.05) is 31.8 Å². The topological polar surface area (TPSA) is 89.7 Å². The molecular weight excluding hydrogens is 364 g/mol. The van der Waals surface area contributed by atoms with E-state index in [1.807, 2.05) is 7.05 Å². The molecule has 2 N–H and O–H groups in total. The molecule has 1 aliphatic carbocycles. The van der Waals surface area contributed by atoms with Crippen LogP contribution >= 0.6 is 12.4 Å². The lowest BCUT2D eigenvalue weighted by molar-refractivity contribution is -0.134. The number of hydrogen-bond acceptors (Lipinski definition) is 5. The lowest BCUT2D eigenvalue weighted by atomic mass is 10.1. The van der Waals surface area contributed by atoms with Crippen LogP contribution in [-0.2, 0) is 14.6 Å². The van der Waals surface area contributed by atoms with Gasteiger partial charge in [0.15, 0.2) is 9.84 Å². The van der Waals surface area contributed by atoms with E-state index in [9.17, 15) is 13.2 Å². The number of sulfone groups is 1. The lowest BCUT2D eigenvalue weighted by Gasteiger charge is -2.21. The molecule has 0 bridgehead atoms. The Labute approximate surface area is 156 Å². The zero-order valence-corrected chi connectivity index (χ0v) is 16.3. The monoisotopic (exact) mass is 390 g/mol. The minimum Gasteiger partial charge on any atom is -0.494 e. The SMILES string of the molecule is CN(CCCOc1ccc(S(C)(=O)=O)cc1)C(=O)C1CCC(N)C1.Cl. The zero-order chi connectivity index (χ0) is 17.7. The maximum absolute atomic E-state index is 12.3. The molecule has 0 aliphatic heterocycles. The second-order valence-corrected chi connectivity index (χ2v) is 8.49. The van der Waals surface area contributed by atoms with Gasteiger partial charge in [-0.05, 0) is 49.9 Å². The van der Waals surface area contributed by atoms with Gasteiger partial charge in [0.25, 0.3) is 0 Å². The fourth-order valence-electron chi connectivity index (χ4n) is 2.94. The van der Waals surface area contributed by atoms with Crippen molar-refractivity contribution >= 4 is 28.2 Å². The van der Waals surface area contributed by atoms with E-state index in [1.54, 1.807) is 17.0 Å². The summed E-state index contributed by atoms with van der Waals surface area (Å²) in [5, 5.41) is 0. The van der Waals surface area contributed by atoms with Crippen LogP contribution in [0.15, 0.2) is 29.2 Å². The first kappa shape index (κ1) is 21.7. The number of carbonyl (C=O) groups is 1. The third-order valence-corrected chi connectivity index (χ3v) is 5.49. The van der Waals surface area contributed by atoms with E-state index in [2.05, 4.69) is 0 Å². The van der Waals surface area contributed by atoms with Crippen LogP contribution in [0.1, 0.15) is 25.7 Å². The Morgan fingerprint density at radius 2 is 1.92 bits per heavy atom. The first-order chi connectivity index (χ1) is 11.3. The number of hydrogen-bond donors (Lipinski definition) is 1. The molecule has 1 fully saturated rings. The van der Waals surface area contributed by atoms with E-state index in [-0.39, 0.29) is 35.2 Å². The van der Waals surface area contributed by atoms with Crippen LogP contribution in [-0.4, -0.2) is 51.7 Å². The van der Waals surface area contributed by atoms with Gasteiger partial charge in [-0.15, -0.1) is 12.4 Å².